The van der Waals surface area contributed by atoms with Crippen LogP contribution in [0.3, 0.4) is 0 Å². The molecule has 1 atom stereocenters. The molecule has 5 nitrogen and oxygen atoms in total. The first-order valence-corrected chi connectivity index (χ1v) is 11.0. The fraction of sp³-hybridized carbons (Fsp3) is 0.647. The molecule has 0 aliphatic carbocycles. The molecule has 0 aliphatic heterocycles. The number of pyridine rings is 1. The summed E-state index contributed by atoms with van der Waals surface area (Å²) in [5, 5.41) is 2.85. The summed E-state index contributed by atoms with van der Waals surface area (Å²) in [5.41, 5.74) is 1.05. The van der Waals surface area contributed by atoms with Crippen LogP contribution in [0.25, 0.3) is 0 Å². The maximum Gasteiger partial charge on any atom is 0.255 e. The van der Waals surface area contributed by atoms with Crippen molar-refractivity contribution in [3.05, 3.63) is 23.9 Å². The zero-order valence-corrected chi connectivity index (χ0v) is 16.4. The first kappa shape index (κ1) is 19.8. The standard InChI is InChI=1S/C17H30N2O3Si/c1-8-21-12-14(22-23(6,7)17(3,4)5)16(20)19-15-10-9-13(2)11-18-15/h9-11,14H,8,12H2,1-7H3,(H,18,19,20). The van der Waals surface area contributed by atoms with Crippen LogP contribution in [0.15, 0.2) is 18.3 Å². The molecule has 130 valence electrons. The number of nitrogens with zero attached hydrogens (tertiary/aromatic N) is 1. The van der Waals surface area contributed by atoms with E-state index in [0.717, 1.165) is 5.56 Å². The lowest BCUT2D eigenvalue weighted by Gasteiger charge is -2.38. The molecule has 1 aromatic heterocycles. The molecule has 0 saturated carbocycles. The molecule has 0 aromatic carbocycles. The van der Waals surface area contributed by atoms with Crippen LogP contribution in [0.4, 0.5) is 5.82 Å². The van der Waals surface area contributed by atoms with Crippen LogP contribution in [0.5, 0.6) is 0 Å². The number of hydrogen-bond donors (Lipinski definition) is 1. The van der Waals surface area contributed by atoms with Gasteiger partial charge < -0.3 is 14.5 Å². The average Bonchev–Trinajstić information content (AvgIpc) is 2.44. The van der Waals surface area contributed by atoms with Gasteiger partial charge in [0.25, 0.3) is 5.91 Å². The minimum Gasteiger partial charge on any atom is -0.403 e. The highest BCUT2D eigenvalue weighted by molar-refractivity contribution is 6.74. The quantitative estimate of drug-likeness (QED) is 0.769. The van der Waals surface area contributed by atoms with Gasteiger partial charge in [-0.2, -0.15) is 0 Å². The number of aryl methyl sites for hydroxylation is 1. The monoisotopic (exact) mass is 338 g/mol. The zero-order valence-electron chi connectivity index (χ0n) is 15.4. The van der Waals surface area contributed by atoms with Crippen molar-refractivity contribution < 1.29 is 14.0 Å². The van der Waals surface area contributed by atoms with Crippen molar-refractivity contribution in [1.29, 1.82) is 0 Å². The minimum absolute atomic E-state index is 0.0276. The Morgan fingerprint density at radius 2 is 2.00 bits per heavy atom. The first-order valence-electron chi connectivity index (χ1n) is 8.06. The Balaban J connectivity index is 2.83. The van der Waals surface area contributed by atoms with Crippen LogP contribution in [-0.4, -0.2) is 38.5 Å². The van der Waals surface area contributed by atoms with E-state index in [0.29, 0.717) is 12.4 Å². The summed E-state index contributed by atoms with van der Waals surface area (Å²) in [5.74, 6) is 0.320. The molecule has 0 spiro atoms. The van der Waals surface area contributed by atoms with E-state index in [2.05, 4.69) is 44.2 Å². The summed E-state index contributed by atoms with van der Waals surface area (Å²) in [6.07, 6.45) is 1.10. The number of ether oxygens (including phenoxy) is 1. The third-order valence-corrected chi connectivity index (χ3v) is 8.66. The number of nitrogens with one attached hydrogen (secondary N) is 1. The number of carbonyl (C=O) groups is 1. The Bertz CT molecular complexity index is 510. The lowest BCUT2D eigenvalue weighted by Crippen LogP contribution is -2.48. The molecule has 0 fully saturated rings. The summed E-state index contributed by atoms with van der Waals surface area (Å²) >= 11 is 0. The highest BCUT2D eigenvalue weighted by Crippen LogP contribution is 2.37. The van der Waals surface area contributed by atoms with Crippen LogP contribution in [0.1, 0.15) is 33.3 Å². The van der Waals surface area contributed by atoms with Gasteiger partial charge in [-0.3, -0.25) is 4.79 Å². The van der Waals surface area contributed by atoms with Crippen molar-refractivity contribution in [2.75, 3.05) is 18.5 Å². The van der Waals surface area contributed by atoms with Gasteiger partial charge in [-0.15, -0.1) is 0 Å². The topological polar surface area (TPSA) is 60.5 Å². The van der Waals surface area contributed by atoms with Crippen molar-refractivity contribution >= 4 is 20.0 Å². The Kier molecular flexibility index (Phi) is 6.92. The van der Waals surface area contributed by atoms with Crippen LogP contribution in [0, 0.1) is 6.92 Å². The van der Waals surface area contributed by atoms with Crippen LogP contribution in [-0.2, 0) is 14.0 Å². The number of hydrogen-bond acceptors (Lipinski definition) is 4. The predicted octanol–water partition coefficient (Wildman–Crippen LogP) is 3.76. The SMILES string of the molecule is CCOCC(O[Si](C)(C)C(C)(C)C)C(=O)Nc1ccc(C)cn1. The fourth-order valence-electron chi connectivity index (χ4n) is 1.67. The van der Waals surface area contributed by atoms with Gasteiger partial charge in [0.2, 0.25) is 0 Å². The second-order valence-corrected chi connectivity index (χ2v) is 12.0. The van der Waals surface area contributed by atoms with Gasteiger partial charge in [-0.05, 0) is 43.6 Å². The molecule has 23 heavy (non-hydrogen) atoms. The smallest absolute Gasteiger partial charge is 0.255 e. The Labute approximate surface area is 140 Å². The maximum atomic E-state index is 12.6. The number of aromatic nitrogens is 1. The van der Waals surface area contributed by atoms with Crippen molar-refractivity contribution in [3.63, 3.8) is 0 Å². The molecular formula is C17H30N2O3Si. The second kappa shape index (κ2) is 8.03. The molecule has 1 amide bonds. The molecule has 0 radical (unpaired) electrons. The third-order valence-electron chi connectivity index (χ3n) is 4.17. The molecule has 1 heterocycles. The molecule has 1 aromatic rings. The summed E-state index contributed by atoms with van der Waals surface area (Å²) in [4.78, 5) is 16.8. The van der Waals surface area contributed by atoms with E-state index < -0.39 is 14.4 Å². The maximum absolute atomic E-state index is 12.6. The molecule has 0 saturated heterocycles. The van der Waals surface area contributed by atoms with Crippen molar-refractivity contribution in [1.82, 2.24) is 4.98 Å². The van der Waals surface area contributed by atoms with Crippen molar-refractivity contribution in [2.24, 2.45) is 0 Å². The number of rotatable bonds is 7. The van der Waals surface area contributed by atoms with Gasteiger partial charge >= 0.3 is 0 Å². The Morgan fingerprint density at radius 1 is 1.35 bits per heavy atom. The molecule has 1 unspecified atom stereocenters. The van der Waals surface area contributed by atoms with Crippen LogP contribution >= 0.6 is 0 Å². The van der Waals surface area contributed by atoms with Gasteiger partial charge in [0, 0.05) is 12.8 Å². The molecule has 0 bridgehead atoms. The summed E-state index contributed by atoms with van der Waals surface area (Å²) in [6.45, 7) is 15.4. The van der Waals surface area contributed by atoms with Gasteiger partial charge in [-0.25, -0.2) is 4.98 Å². The third kappa shape index (κ3) is 6.05. The van der Waals surface area contributed by atoms with Gasteiger partial charge in [0.15, 0.2) is 8.32 Å². The summed E-state index contributed by atoms with van der Waals surface area (Å²) < 4.78 is 11.7. The second-order valence-electron chi connectivity index (χ2n) is 7.24. The molecule has 1 N–H and O–H groups in total. The Morgan fingerprint density at radius 3 is 2.48 bits per heavy atom. The van der Waals surface area contributed by atoms with Gasteiger partial charge in [0.1, 0.15) is 11.9 Å². The lowest BCUT2D eigenvalue weighted by molar-refractivity contribution is -0.126. The minimum atomic E-state index is -2.07. The predicted molar refractivity (Wildman–Crippen MR) is 96.2 cm³/mol. The van der Waals surface area contributed by atoms with Crippen molar-refractivity contribution in [3.8, 4) is 0 Å². The average molecular weight is 339 g/mol. The van der Waals surface area contributed by atoms with Gasteiger partial charge in [0.05, 0.1) is 6.61 Å². The molecule has 6 heteroatoms. The number of amides is 1. The van der Waals surface area contributed by atoms with Crippen LogP contribution in [0.2, 0.25) is 18.1 Å². The van der Waals surface area contributed by atoms with Crippen molar-refractivity contribution in [2.45, 2.75) is 58.9 Å². The van der Waals surface area contributed by atoms with E-state index in [-0.39, 0.29) is 17.6 Å². The number of anilines is 1. The highest BCUT2D eigenvalue weighted by atomic mass is 28.4. The van der Waals surface area contributed by atoms with E-state index in [1.54, 1.807) is 12.3 Å². The van der Waals surface area contributed by atoms with Crippen LogP contribution < -0.4 is 5.32 Å². The first-order chi connectivity index (χ1) is 10.6. The molecule has 0 aliphatic rings. The zero-order chi connectivity index (χ0) is 17.7. The van der Waals surface area contributed by atoms with E-state index >= 15 is 0 Å². The highest BCUT2D eigenvalue weighted by Gasteiger charge is 2.40. The number of carbonyl (C=O) groups excluding carboxylic acids is 1. The van der Waals surface area contributed by atoms with Gasteiger partial charge in [-0.1, -0.05) is 26.8 Å². The molecular weight excluding hydrogens is 308 g/mol. The summed E-state index contributed by atoms with van der Waals surface area (Å²) in [6, 6.07) is 3.70. The van der Waals surface area contributed by atoms with E-state index in [1.165, 1.54) is 0 Å². The normalized spacial score (nSPS) is 13.7. The Hall–Kier alpha value is -1.24. The van der Waals surface area contributed by atoms with E-state index in [1.807, 2.05) is 19.9 Å². The fourth-order valence-corrected chi connectivity index (χ4v) is 2.91. The largest absolute Gasteiger partial charge is 0.403 e. The van der Waals surface area contributed by atoms with E-state index in [9.17, 15) is 4.79 Å². The lowest BCUT2D eigenvalue weighted by atomic mass is 10.2. The van der Waals surface area contributed by atoms with E-state index in [4.69, 9.17) is 9.16 Å². The summed E-state index contributed by atoms with van der Waals surface area (Å²) in [7, 11) is -2.07. The molecule has 1 rings (SSSR count).